The maximum absolute atomic E-state index is 5.60. The second-order valence-corrected chi connectivity index (χ2v) is 7.07. The van der Waals surface area contributed by atoms with Crippen LogP contribution >= 0.6 is 11.3 Å². The summed E-state index contributed by atoms with van der Waals surface area (Å²) in [6.07, 6.45) is 5.15. The minimum Gasteiger partial charge on any atom is -0.443 e. The van der Waals surface area contributed by atoms with Crippen molar-refractivity contribution in [3.8, 4) is 22.2 Å². The molecule has 0 aliphatic heterocycles. The maximum atomic E-state index is 5.60. The third kappa shape index (κ3) is 3.23. The number of oxazole rings is 1. The van der Waals surface area contributed by atoms with Crippen LogP contribution in [0.5, 0.6) is 0 Å². The number of aromatic nitrogens is 4. The molecular weight excluding hydrogens is 370 g/mol. The van der Waals surface area contributed by atoms with E-state index >= 15 is 0 Å². The number of pyridine rings is 1. The van der Waals surface area contributed by atoms with Crippen LogP contribution in [0.15, 0.2) is 77.0 Å². The van der Waals surface area contributed by atoms with E-state index in [1.807, 2.05) is 53.9 Å². The Balaban J connectivity index is 1.46. The Labute approximate surface area is 165 Å². The molecule has 0 unspecified atom stereocenters. The Bertz CT molecular complexity index is 1220. The highest BCUT2D eigenvalue weighted by molar-refractivity contribution is 7.13. The summed E-state index contributed by atoms with van der Waals surface area (Å²) in [4.78, 5) is 19.1. The predicted octanol–water partition coefficient (Wildman–Crippen LogP) is 5.02. The SMILES string of the molecule is c1csc(-c2nc(CNc3nc(-c4ccncc4)nc4ccccc34)co2)c1. The Morgan fingerprint density at radius 2 is 1.82 bits per heavy atom. The lowest BCUT2D eigenvalue weighted by molar-refractivity contribution is 0.574. The number of para-hydroxylation sites is 1. The number of nitrogens with zero attached hydrogens (tertiary/aromatic N) is 4. The van der Waals surface area contributed by atoms with E-state index in [-0.39, 0.29) is 0 Å². The molecule has 0 saturated carbocycles. The van der Waals surface area contributed by atoms with Crippen LogP contribution in [-0.2, 0) is 6.54 Å². The summed E-state index contributed by atoms with van der Waals surface area (Å²) in [6, 6.07) is 15.7. The zero-order valence-electron chi connectivity index (χ0n) is 14.7. The molecule has 1 N–H and O–H groups in total. The highest BCUT2D eigenvalue weighted by Gasteiger charge is 2.11. The molecule has 0 amide bonds. The molecule has 5 rings (SSSR count). The average molecular weight is 385 g/mol. The summed E-state index contributed by atoms with van der Waals surface area (Å²) in [6.45, 7) is 0.506. The quantitative estimate of drug-likeness (QED) is 0.458. The van der Waals surface area contributed by atoms with Crippen LogP contribution < -0.4 is 5.32 Å². The minimum absolute atomic E-state index is 0.506. The van der Waals surface area contributed by atoms with Crippen LogP contribution in [0.1, 0.15) is 5.69 Å². The molecule has 0 radical (unpaired) electrons. The predicted molar refractivity (Wildman–Crippen MR) is 110 cm³/mol. The van der Waals surface area contributed by atoms with Crippen molar-refractivity contribution in [3.63, 3.8) is 0 Å². The van der Waals surface area contributed by atoms with Gasteiger partial charge in [-0.1, -0.05) is 18.2 Å². The van der Waals surface area contributed by atoms with Gasteiger partial charge in [-0.2, -0.15) is 0 Å². The van der Waals surface area contributed by atoms with E-state index < -0.39 is 0 Å². The number of benzene rings is 1. The maximum Gasteiger partial charge on any atom is 0.236 e. The van der Waals surface area contributed by atoms with Crippen LogP contribution in [0.2, 0.25) is 0 Å². The first-order valence-corrected chi connectivity index (χ1v) is 9.64. The summed E-state index contributed by atoms with van der Waals surface area (Å²) < 4.78 is 5.60. The van der Waals surface area contributed by atoms with Crippen molar-refractivity contribution in [2.24, 2.45) is 0 Å². The topological polar surface area (TPSA) is 76.7 Å². The number of nitrogens with one attached hydrogen (secondary N) is 1. The molecular formula is C21H15N5OS. The van der Waals surface area contributed by atoms with E-state index in [1.165, 1.54) is 0 Å². The lowest BCUT2D eigenvalue weighted by Crippen LogP contribution is -2.04. The summed E-state index contributed by atoms with van der Waals surface area (Å²) in [5.74, 6) is 2.05. The van der Waals surface area contributed by atoms with Crippen molar-refractivity contribution in [2.75, 3.05) is 5.32 Å². The van der Waals surface area contributed by atoms with E-state index in [1.54, 1.807) is 30.0 Å². The highest BCUT2D eigenvalue weighted by Crippen LogP contribution is 2.26. The molecule has 0 saturated heterocycles. The monoisotopic (exact) mass is 385 g/mol. The highest BCUT2D eigenvalue weighted by atomic mass is 32.1. The van der Waals surface area contributed by atoms with Gasteiger partial charge in [-0.3, -0.25) is 4.98 Å². The molecule has 4 heterocycles. The normalized spacial score (nSPS) is 11.0. The van der Waals surface area contributed by atoms with Crippen LogP contribution in [0.3, 0.4) is 0 Å². The number of anilines is 1. The lowest BCUT2D eigenvalue weighted by atomic mass is 10.2. The summed E-state index contributed by atoms with van der Waals surface area (Å²) in [5.41, 5.74) is 2.62. The van der Waals surface area contributed by atoms with Crippen LogP contribution in [0.4, 0.5) is 5.82 Å². The van der Waals surface area contributed by atoms with Gasteiger partial charge in [-0.05, 0) is 35.7 Å². The van der Waals surface area contributed by atoms with Gasteiger partial charge in [-0.15, -0.1) is 11.3 Å². The molecule has 0 bridgehead atoms. The van der Waals surface area contributed by atoms with Gasteiger partial charge in [0.1, 0.15) is 12.1 Å². The van der Waals surface area contributed by atoms with E-state index in [2.05, 4.69) is 20.3 Å². The lowest BCUT2D eigenvalue weighted by Gasteiger charge is -2.10. The molecule has 0 fully saturated rings. The van der Waals surface area contributed by atoms with Crippen molar-refractivity contribution < 1.29 is 4.42 Å². The first-order valence-electron chi connectivity index (χ1n) is 8.76. The molecule has 1 aromatic carbocycles. The fraction of sp³-hybridized carbons (Fsp3) is 0.0476. The Morgan fingerprint density at radius 1 is 0.929 bits per heavy atom. The fourth-order valence-corrected chi connectivity index (χ4v) is 3.57. The standard InChI is InChI=1S/C21H15N5OS/c1-2-5-17-16(4-1)20(26-19(25-17)14-7-9-22-10-8-14)23-12-15-13-27-21(24-15)18-6-3-11-28-18/h1-11,13H,12H2,(H,23,25,26). The second kappa shape index (κ2) is 7.21. The van der Waals surface area contributed by atoms with Crippen molar-refractivity contribution in [1.82, 2.24) is 19.9 Å². The Morgan fingerprint density at radius 3 is 2.68 bits per heavy atom. The van der Waals surface area contributed by atoms with Gasteiger partial charge in [0.15, 0.2) is 5.82 Å². The fourth-order valence-electron chi connectivity index (χ4n) is 2.92. The van der Waals surface area contributed by atoms with Crippen molar-refractivity contribution in [1.29, 1.82) is 0 Å². The smallest absolute Gasteiger partial charge is 0.236 e. The van der Waals surface area contributed by atoms with Gasteiger partial charge in [-0.25, -0.2) is 15.0 Å². The molecule has 4 aromatic heterocycles. The number of fused-ring (bicyclic) bond motifs is 1. The largest absolute Gasteiger partial charge is 0.443 e. The zero-order valence-corrected chi connectivity index (χ0v) is 15.6. The molecule has 0 spiro atoms. The zero-order chi connectivity index (χ0) is 18.8. The second-order valence-electron chi connectivity index (χ2n) is 6.12. The molecule has 7 heteroatoms. The molecule has 6 nitrogen and oxygen atoms in total. The van der Waals surface area contributed by atoms with Gasteiger partial charge in [0.25, 0.3) is 0 Å². The van der Waals surface area contributed by atoms with Gasteiger partial charge in [0, 0.05) is 23.3 Å². The van der Waals surface area contributed by atoms with Crippen molar-refractivity contribution in [2.45, 2.75) is 6.54 Å². The molecule has 28 heavy (non-hydrogen) atoms. The van der Waals surface area contributed by atoms with Crippen molar-refractivity contribution in [3.05, 3.63) is 78.3 Å². The Hall–Kier alpha value is -3.58. The molecule has 0 aliphatic rings. The first-order chi connectivity index (χ1) is 13.9. The number of hydrogen-bond donors (Lipinski definition) is 1. The number of rotatable bonds is 5. The molecule has 0 atom stereocenters. The average Bonchev–Trinajstić information content (AvgIpc) is 3.44. The summed E-state index contributed by atoms with van der Waals surface area (Å²) in [7, 11) is 0. The van der Waals surface area contributed by atoms with Crippen LogP contribution in [0, 0.1) is 0 Å². The molecule has 0 aliphatic carbocycles. The van der Waals surface area contributed by atoms with E-state index in [0.717, 1.165) is 32.9 Å². The molecule has 5 aromatic rings. The third-order valence-corrected chi connectivity index (χ3v) is 5.12. The van der Waals surface area contributed by atoms with E-state index in [9.17, 15) is 0 Å². The summed E-state index contributed by atoms with van der Waals surface area (Å²) >= 11 is 1.60. The van der Waals surface area contributed by atoms with E-state index in [0.29, 0.717) is 18.3 Å². The number of thiophene rings is 1. The minimum atomic E-state index is 0.506. The van der Waals surface area contributed by atoms with Gasteiger partial charge in [0.2, 0.25) is 5.89 Å². The van der Waals surface area contributed by atoms with Gasteiger partial charge < -0.3 is 9.73 Å². The van der Waals surface area contributed by atoms with Gasteiger partial charge in [0.05, 0.1) is 22.6 Å². The third-order valence-electron chi connectivity index (χ3n) is 4.26. The van der Waals surface area contributed by atoms with Gasteiger partial charge >= 0.3 is 0 Å². The van der Waals surface area contributed by atoms with Crippen LogP contribution in [0.25, 0.3) is 33.1 Å². The number of hydrogen-bond acceptors (Lipinski definition) is 7. The van der Waals surface area contributed by atoms with E-state index in [4.69, 9.17) is 9.40 Å². The first kappa shape index (κ1) is 16.6. The molecule has 136 valence electrons. The van der Waals surface area contributed by atoms with Crippen molar-refractivity contribution >= 4 is 28.1 Å². The summed E-state index contributed by atoms with van der Waals surface area (Å²) in [5, 5.41) is 6.35. The Kier molecular flexibility index (Phi) is 4.27. The van der Waals surface area contributed by atoms with Crippen LogP contribution in [-0.4, -0.2) is 19.9 Å².